The van der Waals surface area contributed by atoms with E-state index in [9.17, 15) is 5.11 Å². The summed E-state index contributed by atoms with van der Waals surface area (Å²) >= 11 is 0. The van der Waals surface area contributed by atoms with Crippen LogP contribution in [0.3, 0.4) is 0 Å². The fourth-order valence-electron chi connectivity index (χ4n) is 2.29. The molecule has 1 N–H and O–H groups in total. The second kappa shape index (κ2) is 5.71. The van der Waals surface area contributed by atoms with Crippen LogP contribution in [0.25, 0.3) is 22.2 Å². The summed E-state index contributed by atoms with van der Waals surface area (Å²) in [6.45, 7) is 4.15. The molecule has 1 aromatic heterocycles. The van der Waals surface area contributed by atoms with Crippen LogP contribution in [0, 0.1) is 13.8 Å². The number of hydrogen-bond donors (Lipinski definition) is 1. The summed E-state index contributed by atoms with van der Waals surface area (Å²) < 4.78 is 0. The fraction of sp³-hybridized carbons (Fsp3) is 0.118. The van der Waals surface area contributed by atoms with Gasteiger partial charge in [-0.2, -0.15) is 0 Å². The molecule has 0 fully saturated rings. The van der Waals surface area contributed by atoms with Crippen molar-refractivity contribution in [1.82, 2.24) is 4.98 Å². The van der Waals surface area contributed by atoms with E-state index in [4.69, 9.17) is 0 Å². The van der Waals surface area contributed by atoms with Gasteiger partial charge in [0.05, 0.1) is 5.69 Å². The Kier molecular flexibility index (Phi) is 4.18. The summed E-state index contributed by atoms with van der Waals surface area (Å²) in [6, 6.07) is 15.8. The van der Waals surface area contributed by atoms with Gasteiger partial charge in [-0.05, 0) is 37.6 Å². The molecule has 0 radical (unpaired) electrons. The van der Waals surface area contributed by atoms with E-state index < -0.39 is 0 Å². The number of fused-ring (bicyclic) bond motifs is 1. The van der Waals surface area contributed by atoms with Crippen LogP contribution in [0.15, 0.2) is 48.5 Å². The Morgan fingerprint density at radius 1 is 1.00 bits per heavy atom. The van der Waals surface area contributed by atoms with Gasteiger partial charge in [0.15, 0.2) is 0 Å². The monoisotopic (exact) mass is 257 g/mol. The van der Waals surface area contributed by atoms with Crippen LogP contribution in [0.1, 0.15) is 12.6 Å². The Hall–Kier alpha value is -1.75. The molecule has 0 aliphatic rings. The molecular weight excluding hydrogens is 241 g/mol. The van der Waals surface area contributed by atoms with Crippen LogP contribution in [-0.4, -0.2) is 10.1 Å². The topological polar surface area (TPSA) is 33.1 Å². The van der Waals surface area contributed by atoms with E-state index in [1.54, 1.807) is 6.07 Å². The minimum absolute atomic E-state index is 0. The maximum atomic E-state index is 9.90. The summed E-state index contributed by atoms with van der Waals surface area (Å²) in [5.41, 5.74) is 5.06. The number of aromatic hydroxyl groups is 1. The van der Waals surface area contributed by atoms with Crippen molar-refractivity contribution in [2.75, 3.05) is 0 Å². The first-order valence-corrected chi connectivity index (χ1v) is 6.31. The first kappa shape index (κ1) is 14.7. The van der Waals surface area contributed by atoms with Gasteiger partial charge in [-0.25, -0.2) is 4.98 Å². The largest absolute Gasteiger partial charge is 1.00 e. The Morgan fingerprint density at radius 2 is 1.80 bits per heavy atom. The number of aromatic nitrogens is 1. The maximum Gasteiger partial charge on any atom is 1.00 e. The molecule has 3 heteroatoms. The Morgan fingerprint density at radius 3 is 2.60 bits per heavy atom. The van der Waals surface area contributed by atoms with Crippen LogP contribution < -0.4 is 18.9 Å². The molecule has 1 heterocycles. The minimum Gasteiger partial charge on any atom is -1.00 e. The fourth-order valence-corrected chi connectivity index (χ4v) is 2.29. The molecule has 3 aromatic rings. The van der Waals surface area contributed by atoms with Gasteiger partial charge in [-0.15, -0.1) is 0 Å². The molecule has 20 heavy (non-hydrogen) atoms. The van der Waals surface area contributed by atoms with Gasteiger partial charge in [0.2, 0.25) is 0 Å². The average Bonchev–Trinajstić information content (AvgIpc) is 2.42. The van der Waals surface area contributed by atoms with Gasteiger partial charge in [0.25, 0.3) is 0 Å². The number of benzene rings is 2. The molecule has 3 rings (SSSR count). The standard InChI is InChI=1S/C17H15NO.Li.H/c1-11-6-7-12(2)14(10-11)15-9-8-13-4-3-5-16(19)17(13)18-15;;/h3-10,19H,1-2H3;;/q;+1;-1. The molecule has 0 amide bonds. The number of para-hydroxylation sites is 1. The second-order valence-corrected chi connectivity index (χ2v) is 4.86. The number of rotatable bonds is 1. The summed E-state index contributed by atoms with van der Waals surface area (Å²) in [4.78, 5) is 4.60. The molecule has 2 aromatic carbocycles. The van der Waals surface area contributed by atoms with E-state index in [0.717, 1.165) is 16.6 Å². The van der Waals surface area contributed by atoms with Gasteiger partial charge in [-0.1, -0.05) is 35.9 Å². The van der Waals surface area contributed by atoms with Crippen LogP contribution in [0.2, 0.25) is 0 Å². The first-order chi connectivity index (χ1) is 9.15. The Labute approximate surface area is 132 Å². The molecule has 0 unspecified atom stereocenters. The van der Waals surface area contributed by atoms with Crippen molar-refractivity contribution in [2.24, 2.45) is 0 Å². The van der Waals surface area contributed by atoms with Gasteiger partial charge < -0.3 is 6.53 Å². The number of phenolic OH excluding ortho intramolecular Hbond substituents is 1. The molecule has 96 valence electrons. The summed E-state index contributed by atoms with van der Waals surface area (Å²) in [7, 11) is 0. The van der Waals surface area contributed by atoms with E-state index in [1.165, 1.54) is 11.1 Å². The number of nitrogens with zero attached hydrogens (tertiary/aromatic N) is 1. The second-order valence-electron chi connectivity index (χ2n) is 4.86. The molecule has 0 spiro atoms. The van der Waals surface area contributed by atoms with Gasteiger partial charge >= 0.3 is 18.9 Å². The molecule has 0 saturated carbocycles. The van der Waals surface area contributed by atoms with Crippen molar-refractivity contribution < 1.29 is 25.4 Å². The summed E-state index contributed by atoms with van der Waals surface area (Å²) in [5, 5.41) is 10.9. The van der Waals surface area contributed by atoms with Crippen LogP contribution in [0.5, 0.6) is 5.75 Å². The van der Waals surface area contributed by atoms with Crippen molar-refractivity contribution in [1.29, 1.82) is 0 Å². The van der Waals surface area contributed by atoms with Crippen LogP contribution in [0.4, 0.5) is 0 Å². The van der Waals surface area contributed by atoms with E-state index in [1.807, 2.05) is 24.3 Å². The third-order valence-electron chi connectivity index (χ3n) is 3.37. The predicted molar refractivity (Wildman–Crippen MR) is 79.4 cm³/mol. The number of hydrogen-bond acceptors (Lipinski definition) is 2. The summed E-state index contributed by atoms with van der Waals surface area (Å²) in [5.74, 6) is 0.227. The average molecular weight is 257 g/mol. The molecule has 2 nitrogen and oxygen atoms in total. The van der Waals surface area contributed by atoms with Gasteiger partial charge in [-0.3, -0.25) is 0 Å². The van der Waals surface area contributed by atoms with E-state index in [-0.39, 0.29) is 26.0 Å². The van der Waals surface area contributed by atoms with Crippen molar-refractivity contribution >= 4 is 10.9 Å². The Balaban J connectivity index is 0.00000110. The zero-order valence-corrected chi connectivity index (χ0v) is 12.0. The third-order valence-corrected chi connectivity index (χ3v) is 3.37. The quantitative estimate of drug-likeness (QED) is 0.667. The molecule has 0 atom stereocenters. The van der Waals surface area contributed by atoms with Crippen molar-refractivity contribution in [3.8, 4) is 17.0 Å². The first-order valence-electron chi connectivity index (χ1n) is 6.31. The van der Waals surface area contributed by atoms with Gasteiger partial charge in [0.1, 0.15) is 11.3 Å². The smallest absolute Gasteiger partial charge is 1.00 e. The number of pyridine rings is 1. The van der Waals surface area contributed by atoms with E-state index in [0.29, 0.717) is 5.52 Å². The zero-order chi connectivity index (χ0) is 13.4. The molecular formula is C17H16LiNO. The van der Waals surface area contributed by atoms with Crippen molar-refractivity contribution in [3.63, 3.8) is 0 Å². The maximum absolute atomic E-state index is 9.90. The summed E-state index contributed by atoms with van der Waals surface area (Å²) in [6.07, 6.45) is 0. The third kappa shape index (κ3) is 2.58. The van der Waals surface area contributed by atoms with Crippen molar-refractivity contribution in [3.05, 3.63) is 59.7 Å². The molecule has 0 aliphatic carbocycles. The van der Waals surface area contributed by atoms with Crippen LogP contribution >= 0.6 is 0 Å². The van der Waals surface area contributed by atoms with Crippen molar-refractivity contribution in [2.45, 2.75) is 13.8 Å². The van der Waals surface area contributed by atoms with Gasteiger partial charge in [0, 0.05) is 10.9 Å². The number of phenols is 1. The number of aryl methyl sites for hydroxylation is 2. The van der Waals surface area contributed by atoms with E-state index >= 15 is 0 Å². The SMILES string of the molecule is Cc1ccc(C)c(-c2ccc3cccc(O)c3n2)c1.[H-].[Li+]. The predicted octanol–water partition coefficient (Wildman–Crippen LogP) is 1.34. The molecule has 0 aliphatic heterocycles. The molecule has 0 bridgehead atoms. The Bertz CT molecular complexity index is 774. The minimum atomic E-state index is 0. The normalized spacial score (nSPS) is 10.3. The van der Waals surface area contributed by atoms with Crippen LogP contribution in [-0.2, 0) is 0 Å². The molecule has 0 saturated heterocycles. The zero-order valence-electron chi connectivity index (χ0n) is 13.0. The van der Waals surface area contributed by atoms with E-state index in [2.05, 4.69) is 37.0 Å².